The topological polar surface area (TPSA) is 60.9 Å². The fraction of sp³-hybridized carbons (Fsp3) is 0.208. The normalized spacial score (nSPS) is 12.2. The minimum Gasteiger partial charge on any atom is -0.462 e. The van der Waals surface area contributed by atoms with Gasteiger partial charge in [-0.15, -0.1) is 5.10 Å². The second-order valence-electron chi connectivity index (χ2n) is 7.19. The third-order valence-electron chi connectivity index (χ3n) is 5.16. The van der Waals surface area contributed by atoms with E-state index in [1.165, 1.54) is 4.70 Å². The number of hydrogen-bond acceptors (Lipinski definition) is 5. The van der Waals surface area contributed by atoms with E-state index in [1.54, 1.807) is 36.6 Å². The van der Waals surface area contributed by atoms with Crippen LogP contribution in [0.1, 0.15) is 34.2 Å². The Labute approximate surface area is 184 Å². The van der Waals surface area contributed by atoms with Crippen molar-refractivity contribution in [2.75, 3.05) is 6.61 Å². The summed E-state index contributed by atoms with van der Waals surface area (Å²) in [6.07, 6.45) is 1.79. The first kappa shape index (κ1) is 20.8. The van der Waals surface area contributed by atoms with E-state index in [0.717, 1.165) is 33.0 Å². The first-order valence-electron chi connectivity index (χ1n) is 10.1. The summed E-state index contributed by atoms with van der Waals surface area (Å²) in [5, 5.41) is 8.78. The van der Waals surface area contributed by atoms with Gasteiger partial charge in [-0.1, -0.05) is 23.5 Å². The van der Waals surface area contributed by atoms with Crippen molar-refractivity contribution in [3.63, 3.8) is 0 Å². The highest BCUT2D eigenvalue weighted by molar-refractivity contribution is 7.16. The maximum absolute atomic E-state index is 11.9. The molecule has 0 N–H and O–H groups in total. The third kappa shape index (κ3) is 4.09. The Kier molecular flexibility index (Phi) is 5.86. The average molecular weight is 433 g/mol. The van der Waals surface area contributed by atoms with Crippen LogP contribution < -0.4 is 4.80 Å². The van der Waals surface area contributed by atoms with Gasteiger partial charge in [-0.2, -0.15) is 5.10 Å². The van der Waals surface area contributed by atoms with Gasteiger partial charge in [0.05, 0.1) is 28.6 Å². The molecule has 0 aliphatic heterocycles. The van der Waals surface area contributed by atoms with Gasteiger partial charge in [0, 0.05) is 29.7 Å². The zero-order chi connectivity index (χ0) is 22.0. The molecular formula is C24H24N4O2S. The Balaban J connectivity index is 1.62. The molecule has 158 valence electrons. The van der Waals surface area contributed by atoms with Crippen LogP contribution in [0.25, 0.3) is 15.9 Å². The summed E-state index contributed by atoms with van der Waals surface area (Å²) in [7, 11) is 2.00. The van der Waals surface area contributed by atoms with E-state index in [4.69, 9.17) is 4.74 Å². The first-order chi connectivity index (χ1) is 15.0. The lowest BCUT2D eigenvalue weighted by Crippen LogP contribution is -2.08. The van der Waals surface area contributed by atoms with Gasteiger partial charge in [0.1, 0.15) is 0 Å². The molecule has 0 saturated carbocycles. The van der Waals surface area contributed by atoms with E-state index in [1.807, 2.05) is 49.7 Å². The molecule has 0 spiro atoms. The van der Waals surface area contributed by atoms with Gasteiger partial charge in [0.2, 0.25) is 4.80 Å². The molecule has 31 heavy (non-hydrogen) atoms. The number of aryl methyl sites for hydroxylation is 2. The molecule has 2 aromatic carbocycles. The summed E-state index contributed by atoms with van der Waals surface area (Å²) in [4.78, 5) is 12.7. The number of benzene rings is 2. The van der Waals surface area contributed by atoms with Gasteiger partial charge in [-0.25, -0.2) is 4.79 Å². The summed E-state index contributed by atoms with van der Waals surface area (Å²) in [5.74, 6) is -0.307. The van der Waals surface area contributed by atoms with Crippen LogP contribution in [0.2, 0.25) is 0 Å². The quantitative estimate of drug-likeness (QED) is 0.259. The highest BCUT2D eigenvalue weighted by Crippen LogP contribution is 2.21. The third-order valence-corrected chi connectivity index (χ3v) is 6.27. The average Bonchev–Trinajstić information content (AvgIpc) is 3.24. The number of esters is 1. The molecule has 2 heterocycles. The number of fused-ring (bicyclic) bond motifs is 1. The number of nitrogens with zero attached hydrogens (tertiary/aromatic N) is 4. The fourth-order valence-electron chi connectivity index (χ4n) is 3.60. The predicted octanol–water partition coefficient (Wildman–Crippen LogP) is 4.76. The molecule has 4 rings (SSSR count). The molecule has 4 aromatic rings. The molecule has 0 aliphatic rings. The standard InChI is InChI=1S/C24H24N4O2S/c1-5-30-23(29)18-10-12-20(13-11-18)28-16(2)14-19(17(28)3)15-25-26-24-27(4)21-8-6-7-9-22(21)31-24/h6-15H,5H2,1-4H3/b25-15-,26-24+. The number of thiazole rings is 1. The summed E-state index contributed by atoms with van der Waals surface area (Å²) in [5.41, 5.74) is 5.81. The zero-order valence-electron chi connectivity index (χ0n) is 18.0. The number of aromatic nitrogens is 2. The predicted molar refractivity (Wildman–Crippen MR) is 125 cm³/mol. The van der Waals surface area contributed by atoms with Crippen LogP contribution in [0.4, 0.5) is 0 Å². The second-order valence-corrected chi connectivity index (χ2v) is 8.19. The molecule has 6 nitrogen and oxygen atoms in total. The number of carbonyl (C=O) groups is 1. The van der Waals surface area contributed by atoms with Crippen molar-refractivity contribution in [3.8, 4) is 5.69 Å². The van der Waals surface area contributed by atoms with Crippen molar-refractivity contribution in [2.45, 2.75) is 20.8 Å². The zero-order valence-corrected chi connectivity index (χ0v) is 18.8. The van der Waals surface area contributed by atoms with Crippen molar-refractivity contribution >= 4 is 33.7 Å². The van der Waals surface area contributed by atoms with Crippen LogP contribution in [0.3, 0.4) is 0 Å². The van der Waals surface area contributed by atoms with Crippen molar-refractivity contribution in [1.82, 2.24) is 9.13 Å². The minimum absolute atomic E-state index is 0.307. The molecule has 0 radical (unpaired) electrons. The van der Waals surface area contributed by atoms with Crippen LogP contribution in [-0.2, 0) is 11.8 Å². The van der Waals surface area contributed by atoms with E-state index in [2.05, 4.69) is 33.0 Å². The van der Waals surface area contributed by atoms with E-state index in [9.17, 15) is 4.79 Å². The van der Waals surface area contributed by atoms with Crippen LogP contribution in [0, 0.1) is 13.8 Å². The van der Waals surface area contributed by atoms with E-state index < -0.39 is 0 Å². The monoisotopic (exact) mass is 432 g/mol. The lowest BCUT2D eigenvalue weighted by atomic mass is 10.2. The Bertz CT molecular complexity index is 1340. The summed E-state index contributed by atoms with van der Waals surface area (Å²) >= 11 is 1.62. The smallest absolute Gasteiger partial charge is 0.338 e. The molecule has 0 bridgehead atoms. The van der Waals surface area contributed by atoms with Crippen molar-refractivity contribution < 1.29 is 9.53 Å². The summed E-state index contributed by atoms with van der Waals surface area (Å²) in [6, 6.07) is 17.7. The number of carbonyl (C=O) groups excluding carboxylic acids is 1. The van der Waals surface area contributed by atoms with E-state index in [-0.39, 0.29) is 5.97 Å². The fourth-order valence-corrected chi connectivity index (χ4v) is 4.57. The number of rotatable bonds is 5. The van der Waals surface area contributed by atoms with E-state index in [0.29, 0.717) is 12.2 Å². The lowest BCUT2D eigenvalue weighted by molar-refractivity contribution is 0.0526. The molecule has 0 fully saturated rings. The number of hydrogen-bond donors (Lipinski definition) is 0. The Morgan fingerprint density at radius 1 is 1.13 bits per heavy atom. The maximum Gasteiger partial charge on any atom is 0.338 e. The van der Waals surface area contributed by atoms with Crippen LogP contribution in [0.15, 0.2) is 64.8 Å². The molecular weight excluding hydrogens is 408 g/mol. The van der Waals surface area contributed by atoms with Crippen LogP contribution >= 0.6 is 11.3 Å². The SMILES string of the molecule is CCOC(=O)c1ccc(-n2c(C)cc(/C=N\N=c3\sc4ccccc4n3C)c2C)cc1. The summed E-state index contributed by atoms with van der Waals surface area (Å²) < 4.78 is 10.4. The van der Waals surface area contributed by atoms with Crippen molar-refractivity contribution in [2.24, 2.45) is 17.3 Å². The van der Waals surface area contributed by atoms with E-state index >= 15 is 0 Å². The van der Waals surface area contributed by atoms with Crippen molar-refractivity contribution in [1.29, 1.82) is 0 Å². The molecule has 2 aromatic heterocycles. The van der Waals surface area contributed by atoms with Crippen LogP contribution in [-0.4, -0.2) is 27.9 Å². The first-order valence-corrected chi connectivity index (χ1v) is 10.9. The maximum atomic E-state index is 11.9. The Morgan fingerprint density at radius 3 is 2.58 bits per heavy atom. The summed E-state index contributed by atoms with van der Waals surface area (Å²) in [6.45, 7) is 6.26. The largest absolute Gasteiger partial charge is 0.462 e. The Hall–Kier alpha value is -3.45. The number of ether oxygens (including phenoxy) is 1. The molecule has 0 atom stereocenters. The molecule has 0 aliphatic carbocycles. The second kappa shape index (κ2) is 8.73. The van der Waals surface area contributed by atoms with Gasteiger partial charge in [-0.3, -0.25) is 0 Å². The lowest BCUT2D eigenvalue weighted by Gasteiger charge is -2.10. The van der Waals surface area contributed by atoms with Gasteiger partial charge in [-0.05, 0) is 63.2 Å². The van der Waals surface area contributed by atoms with Gasteiger partial charge in [0.15, 0.2) is 0 Å². The van der Waals surface area contributed by atoms with Gasteiger partial charge < -0.3 is 13.9 Å². The number of para-hydroxylation sites is 1. The minimum atomic E-state index is -0.307. The molecule has 0 unspecified atom stereocenters. The van der Waals surface area contributed by atoms with Crippen LogP contribution in [0.5, 0.6) is 0 Å². The highest BCUT2D eigenvalue weighted by Gasteiger charge is 2.11. The van der Waals surface area contributed by atoms with Gasteiger partial charge >= 0.3 is 5.97 Å². The molecule has 7 heteroatoms. The molecule has 0 amide bonds. The highest BCUT2D eigenvalue weighted by atomic mass is 32.1. The molecule has 0 saturated heterocycles. The Morgan fingerprint density at radius 2 is 1.87 bits per heavy atom. The van der Waals surface area contributed by atoms with Gasteiger partial charge in [0.25, 0.3) is 0 Å². The van der Waals surface area contributed by atoms with Crippen molar-refractivity contribution in [3.05, 3.63) is 81.9 Å².